The number of anilines is 1. The Hall–Kier alpha value is -3.61. The Morgan fingerprint density at radius 2 is 1.87 bits per heavy atom. The SMILES string of the molecule is Cc1cc(C(=O)Nc2nn(Cc3ccccc3)c3cccc(OC(C)C)c23)n(C)n1. The maximum atomic E-state index is 12.9. The minimum atomic E-state index is -0.260. The zero-order valence-electron chi connectivity index (χ0n) is 17.6. The molecule has 0 aliphatic heterocycles. The Kier molecular flexibility index (Phi) is 5.27. The normalized spacial score (nSPS) is 11.2. The van der Waals surface area contributed by atoms with Crippen molar-refractivity contribution in [2.45, 2.75) is 33.4 Å². The van der Waals surface area contributed by atoms with Crippen molar-refractivity contribution in [1.82, 2.24) is 19.6 Å². The molecule has 154 valence electrons. The van der Waals surface area contributed by atoms with E-state index >= 15 is 0 Å². The van der Waals surface area contributed by atoms with Gasteiger partial charge in [0.15, 0.2) is 5.82 Å². The molecular weight excluding hydrogens is 378 g/mol. The number of aromatic nitrogens is 4. The van der Waals surface area contributed by atoms with E-state index in [-0.39, 0.29) is 12.0 Å². The zero-order valence-corrected chi connectivity index (χ0v) is 17.6. The summed E-state index contributed by atoms with van der Waals surface area (Å²) in [5, 5.41) is 12.7. The van der Waals surface area contributed by atoms with E-state index in [0.717, 1.165) is 22.2 Å². The van der Waals surface area contributed by atoms with Crippen molar-refractivity contribution in [2.24, 2.45) is 7.05 Å². The largest absolute Gasteiger partial charge is 0.490 e. The summed E-state index contributed by atoms with van der Waals surface area (Å²) >= 11 is 0. The van der Waals surface area contributed by atoms with Crippen molar-refractivity contribution in [2.75, 3.05) is 5.32 Å². The lowest BCUT2D eigenvalue weighted by molar-refractivity contribution is 0.101. The first-order chi connectivity index (χ1) is 14.4. The number of nitrogens with one attached hydrogen (secondary N) is 1. The molecule has 0 saturated carbocycles. The third-order valence-electron chi connectivity index (χ3n) is 4.74. The second kappa shape index (κ2) is 8.02. The number of carbonyl (C=O) groups excluding carboxylic acids is 1. The number of hydrogen-bond acceptors (Lipinski definition) is 4. The maximum Gasteiger partial charge on any atom is 0.275 e. The second-order valence-electron chi connectivity index (χ2n) is 7.56. The molecule has 4 aromatic rings. The minimum Gasteiger partial charge on any atom is -0.490 e. The molecule has 0 radical (unpaired) electrons. The smallest absolute Gasteiger partial charge is 0.275 e. The molecule has 4 rings (SSSR count). The average Bonchev–Trinajstić information content (AvgIpc) is 3.22. The van der Waals surface area contributed by atoms with Crippen LogP contribution in [0.25, 0.3) is 10.9 Å². The number of carbonyl (C=O) groups is 1. The molecule has 0 spiro atoms. The molecular formula is C23H25N5O2. The number of fused-ring (bicyclic) bond motifs is 1. The molecule has 0 bridgehead atoms. The molecule has 1 amide bonds. The van der Waals surface area contributed by atoms with E-state index < -0.39 is 0 Å². The summed E-state index contributed by atoms with van der Waals surface area (Å²) in [5.41, 5.74) is 3.28. The standard InChI is InChI=1S/C23H25N5O2/c1-15(2)30-20-12-8-11-18-21(20)22(24-23(29)19-13-16(3)25-27(19)4)26-28(18)14-17-9-6-5-7-10-17/h5-13,15H,14H2,1-4H3,(H,24,26,29). The van der Waals surface area contributed by atoms with Crippen LogP contribution >= 0.6 is 0 Å². The molecule has 7 nitrogen and oxygen atoms in total. The van der Waals surface area contributed by atoms with Gasteiger partial charge in [-0.3, -0.25) is 14.2 Å². The Bertz CT molecular complexity index is 1190. The van der Waals surface area contributed by atoms with Gasteiger partial charge in [0.2, 0.25) is 0 Å². The molecule has 30 heavy (non-hydrogen) atoms. The lowest BCUT2D eigenvalue weighted by Crippen LogP contribution is -2.17. The first-order valence-corrected chi connectivity index (χ1v) is 9.94. The van der Waals surface area contributed by atoms with E-state index in [2.05, 4.69) is 22.5 Å². The third-order valence-corrected chi connectivity index (χ3v) is 4.74. The highest BCUT2D eigenvalue weighted by atomic mass is 16.5. The number of rotatable bonds is 6. The Morgan fingerprint density at radius 3 is 2.53 bits per heavy atom. The van der Waals surface area contributed by atoms with Gasteiger partial charge >= 0.3 is 0 Å². The summed E-state index contributed by atoms with van der Waals surface area (Å²) in [5.74, 6) is 0.906. The van der Waals surface area contributed by atoms with Crippen LogP contribution in [0.3, 0.4) is 0 Å². The molecule has 0 atom stereocenters. The van der Waals surface area contributed by atoms with Crippen molar-refractivity contribution >= 4 is 22.6 Å². The summed E-state index contributed by atoms with van der Waals surface area (Å²) < 4.78 is 9.48. The Morgan fingerprint density at radius 1 is 1.10 bits per heavy atom. The van der Waals surface area contributed by atoms with Gasteiger partial charge < -0.3 is 10.1 Å². The van der Waals surface area contributed by atoms with Crippen LogP contribution in [0.5, 0.6) is 5.75 Å². The topological polar surface area (TPSA) is 74.0 Å². The van der Waals surface area contributed by atoms with E-state index in [1.807, 2.05) is 61.9 Å². The molecule has 0 fully saturated rings. The lowest BCUT2D eigenvalue weighted by atomic mass is 10.2. The van der Waals surface area contributed by atoms with E-state index in [0.29, 0.717) is 23.8 Å². The minimum absolute atomic E-state index is 0.00338. The highest BCUT2D eigenvalue weighted by Crippen LogP contribution is 2.33. The van der Waals surface area contributed by atoms with Crippen LogP contribution in [0.2, 0.25) is 0 Å². The molecule has 1 N–H and O–H groups in total. The molecule has 2 aromatic heterocycles. The predicted molar refractivity (Wildman–Crippen MR) is 117 cm³/mol. The van der Waals surface area contributed by atoms with Crippen LogP contribution in [-0.2, 0) is 13.6 Å². The molecule has 0 aliphatic carbocycles. The molecule has 2 aromatic carbocycles. The van der Waals surface area contributed by atoms with Crippen LogP contribution in [0.4, 0.5) is 5.82 Å². The van der Waals surface area contributed by atoms with E-state index in [4.69, 9.17) is 9.84 Å². The van der Waals surface area contributed by atoms with Crippen molar-refractivity contribution in [3.8, 4) is 5.75 Å². The number of hydrogen-bond donors (Lipinski definition) is 1. The molecule has 0 unspecified atom stereocenters. The van der Waals surface area contributed by atoms with Crippen molar-refractivity contribution < 1.29 is 9.53 Å². The summed E-state index contributed by atoms with van der Waals surface area (Å²) in [4.78, 5) is 12.9. The van der Waals surface area contributed by atoms with Gasteiger partial charge in [0, 0.05) is 7.05 Å². The fourth-order valence-electron chi connectivity index (χ4n) is 3.51. The van der Waals surface area contributed by atoms with Gasteiger partial charge in [-0.1, -0.05) is 36.4 Å². The average molecular weight is 403 g/mol. The van der Waals surface area contributed by atoms with E-state index in [1.54, 1.807) is 17.8 Å². The zero-order chi connectivity index (χ0) is 21.3. The molecule has 7 heteroatoms. The lowest BCUT2D eigenvalue weighted by Gasteiger charge is -2.12. The summed E-state index contributed by atoms with van der Waals surface area (Å²) in [6.45, 7) is 6.40. The van der Waals surface area contributed by atoms with Crippen LogP contribution < -0.4 is 10.1 Å². The number of ether oxygens (including phenoxy) is 1. The van der Waals surface area contributed by atoms with Gasteiger partial charge in [-0.15, -0.1) is 0 Å². The number of aryl methyl sites for hydroxylation is 2. The van der Waals surface area contributed by atoms with E-state index in [1.165, 1.54) is 0 Å². The molecule has 0 aliphatic rings. The fraction of sp³-hybridized carbons (Fsp3) is 0.261. The summed E-state index contributed by atoms with van der Waals surface area (Å²) in [7, 11) is 1.75. The number of nitrogens with zero attached hydrogens (tertiary/aromatic N) is 4. The Balaban J connectivity index is 1.78. The van der Waals surface area contributed by atoms with Crippen molar-refractivity contribution in [3.05, 3.63) is 71.5 Å². The Labute approximate surface area is 175 Å². The van der Waals surface area contributed by atoms with E-state index in [9.17, 15) is 4.79 Å². The fourth-order valence-corrected chi connectivity index (χ4v) is 3.51. The monoisotopic (exact) mass is 403 g/mol. The van der Waals surface area contributed by atoms with Gasteiger partial charge in [0.05, 0.1) is 29.2 Å². The van der Waals surface area contributed by atoms with Gasteiger partial charge in [-0.2, -0.15) is 10.2 Å². The quantitative estimate of drug-likeness (QED) is 0.524. The second-order valence-corrected chi connectivity index (χ2v) is 7.56. The van der Waals surface area contributed by atoms with Gasteiger partial charge in [0.25, 0.3) is 5.91 Å². The van der Waals surface area contributed by atoms with Crippen LogP contribution in [0.15, 0.2) is 54.6 Å². The maximum absolute atomic E-state index is 12.9. The first-order valence-electron chi connectivity index (χ1n) is 9.94. The van der Waals surface area contributed by atoms with Crippen LogP contribution in [-0.4, -0.2) is 31.6 Å². The van der Waals surface area contributed by atoms with Crippen LogP contribution in [0, 0.1) is 6.92 Å². The van der Waals surface area contributed by atoms with Gasteiger partial charge in [-0.25, -0.2) is 0 Å². The molecule has 0 saturated heterocycles. The van der Waals surface area contributed by atoms with Gasteiger partial charge in [-0.05, 0) is 44.5 Å². The highest BCUT2D eigenvalue weighted by Gasteiger charge is 2.20. The summed E-state index contributed by atoms with van der Waals surface area (Å²) in [6.07, 6.45) is -0.00338. The highest BCUT2D eigenvalue weighted by molar-refractivity contribution is 6.08. The van der Waals surface area contributed by atoms with Gasteiger partial charge in [0.1, 0.15) is 11.4 Å². The predicted octanol–water partition coefficient (Wildman–Crippen LogP) is 4.17. The summed E-state index contributed by atoms with van der Waals surface area (Å²) in [6, 6.07) is 17.7. The van der Waals surface area contributed by atoms with Crippen molar-refractivity contribution in [1.29, 1.82) is 0 Å². The van der Waals surface area contributed by atoms with Crippen molar-refractivity contribution in [3.63, 3.8) is 0 Å². The first kappa shape index (κ1) is 19.7. The van der Waals surface area contributed by atoms with Crippen LogP contribution in [0.1, 0.15) is 35.6 Å². The number of amides is 1. The molecule has 2 heterocycles. The number of benzene rings is 2. The third kappa shape index (κ3) is 3.91.